The number of hydrogen-bond acceptors (Lipinski definition) is 8. The molecule has 2 aromatic heterocycles. The number of methoxy groups -OCH3 is 2. The van der Waals surface area contributed by atoms with Gasteiger partial charge in [0.05, 0.1) is 50.0 Å². The van der Waals surface area contributed by atoms with Gasteiger partial charge in [-0.1, -0.05) is 0 Å². The molecule has 0 spiro atoms. The number of nitrogen functional groups attached to an aromatic ring is 1. The van der Waals surface area contributed by atoms with Gasteiger partial charge in [-0.3, -0.25) is 9.59 Å². The monoisotopic (exact) mass is 676 g/mol. The number of fused-ring (bicyclic) bond motifs is 1. The molecular formula is C25H22F10N6O5. The summed E-state index contributed by atoms with van der Waals surface area (Å²) in [5.74, 6) is -4.09. The van der Waals surface area contributed by atoms with Gasteiger partial charge in [0.25, 0.3) is 11.5 Å². The Balaban J connectivity index is 1.67. The van der Waals surface area contributed by atoms with Gasteiger partial charge in [-0.15, -0.1) is 0 Å². The molecule has 0 aliphatic carbocycles. The number of nitrogens with zero attached hydrogens (tertiary/aromatic N) is 4. The number of carbonyl (C=O) groups is 2. The van der Waals surface area contributed by atoms with Gasteiger partial charge in [0, 0.05) is 12.1 Å². The zero-order valence-corrected chi connectivity index (χ0v) is 23.3. The topological polar surface area (TPSA) is 144 Å². The van der Waals surface area contributed by atoms with E-state index in [9.17, 15) is 58.6 Å². The van der Waals surface area contributed by atoms with Gasteiger partial charge >= 0.3 is 18.5 Å². The fraction of sp³-hybridized carbons (Fsp3) is 0.440. The van der Waals surface area contributed by atoms with E-state index in [4.69, 9.17) is 15.2 Å². The molecule has 252 valence electrons. The third kappa shape index (κ3) is 6.01. The van der Waals surface area contributed by atoms with E-state index in [1.807, 2.05) is 0 Å². The van der Waals surface area contributed by atoms with Crippen LogP contribution in [0.2, 0.25) is 0 Å². The highest BCUT2D eigenvalue weighted by Gasteiger charge is 2.71. The van der Waals surface area contributed by atoms with E-state index < -0.39 is 90.1 Å². The lowest BCUT2D eigenvalue weighted by Crippen LogP contribution is -2.59. The summed E-state index contributed by atoms with van der Waals surface area (Å²) < 4.78 is 146. The van der Waals surface area contributed by atoms with Crippen molar-refractivity contribution >= 4 is 23.1 Å². The lowest BCUT2D eigenvalue weighted by molar-refractivity contribution is -0.367. The van der Waals surface area contributed by atoms with Gasteiger partial charge in [-0.25, -0.2) is 13.9 Å². The van der Waals surface area contributed by atoms with Crippen molar-refractivity contribution in [3.63, 3.8) is 0 Å². The molecular weight excluding hydrogens is 654 g/mol. The van der Waals surface area contributed by atoms with Crippen LogP contribution >= 0.6 is 0 Å². The van der Waals surface area contributed by atoms with Crippen LogP contribution in [0, 0.1) is 0 Å². The lowest BCUT2D eigenvalue weighted by atomic mass is 9.97. The van der Waals surface area contributed by atoms with E-state index in [0.29, 0.717) is 6.07 Å². The van der Waals surface area contributed by atoms with Crippen LogP contribution in [0.1, 0.15) is 22.3 Å². The van der Waals surface area contributed by atoms with Crippen molar-refractivity contribution in [2.75, 3.05) is 33.0 Å². The van der Waals surface area contributed by atoms with Crippen molar-refractivity contribution in [3.05, 3.63) is 35.7 Å². The fourth-order valence-electron chi connectivity index (χ4n) is 4.81. The number of alkyl halides is 10. The Kier molecular flexibility index (Phi) is 8.70. The van der Waals surface area contributed by atoms with Crippen LogP contribution in [-0.2, 0) is 11.0 Å². The van der Waals surface area contributed by atoms with Crippen LogP contribution in [0.4, 0.5) is 49.7 Å². The molecule has 0 bridgehead atoms. The van der Waals surface area contributed by atoms with E-state index in [0.717, 1.165) is 31.1 Å². The minimum atomic E-state index is -6.30. The summed E-state index contributed by atoms with van der Waals surface area (Å²) in [7, 11) is 2.22. The average molecular weight is 676 g/mol. The number of nitrogens with two attached hydrogens (primary N) is 1. The number of carbonyl (C=O) groups excluding carboxylic acids is 2. The molecule has 3 aromatic rings. The molecule has 1 aromatic carbocycles. The summed E-state index contributed by atoms with van der Waals surface area (Å²) in [5.41, 5.74) is -2.41. The van der Waals surface area contributed by atoms with Gasteiger partial charge in [0.1, 0.15) is 18.0 Å². The summed E-state index contributed by atoms with van der Waals surface area (Å²) in [4.78, 5) is 29.5. The maximum atomic E-state index is 14.9. The number of hydrogen-bond donors (Lipinski definition) is 3. The molecule has 3 heterocycles. The third-order valence-corrected chi connectivity index (χ3v) is 7.17. The van der Waals surface area contributed by atoms with Crippen LogP contribution < -0.4 is 20.5 Å². The second-order valence-corrected chi connectivity index (χ2v) is 10.0. The molecule has 2 amide bonds. The van der Waals surface area contributed by atoms with Crippen molar-refractivity contribution < 1.29 is 68.1 Å². The van der Waals surface area contributed by atoms with Crippen LogP contribution in [0.3, 0.4) is 0 Å². The van der Waals surface area contributed by atoms with Crippen molar-refractivity contribution in [1.29, 1.82) is 0 Å². The number of amides is 2. The van der Waals surface area contributed by atoms with Gasteiger partial charge in [-0.05, 0) is 18.2 Å². The molecule has 2 atom stereocenters. The van der Waals surface area contributed by atoms with E-state index in [1.54, 1.807) is 0 Å². The minimum absolute atomic E-state index is 0.120. The smallest absolute Gasteiger partial charge is 0.426 e. The molecule has 46 heavy (non-hydrogen) atoms. The Labute approximate surface area is 250 Å². The Morgan fingerprint density at radius 1 is 1.02 bits per heavy atom. The van der Waals surface area contributed by atoms with Crippen molar-refractivity contribution in [2.45, 2.75) is 42.8 Å². The van der Waals surface area contributed by atoms with Gasteiger partial charge in [-0.2, -0.15) is 44.6 Å². The normalized spacial score (nSPS) is 17.8. The summed E-state index contributed by atoms with van der Waals surface area (Å²) >= 11 is 0. The molecule has 1 aliphatic heterocycles. The first-order chi connectivity index (χ1) is 21.1. The standard InChI is InChI=1S/C25H22F10N6O5/c1-45-16-4-10(15-5-12(23(27,28)29)18-20(36)37-9-38-41(15)18)3-11(19(16)46-2)21(43)39-14-8-40(7-13(14)26)17(42)6-22(44,24(30,31)32)25(33,34)35/h3-5,9,13-14,44H,6-8H2,1-2H3,(H,39,43)(H2,36,37,38)/t13-,14+/m0/s1. The molecule has 1 saturated heterocycles. The quantitative estimate of drug-likeness (QED) is 0.323. The Hall–Kier alpha value is -4.56. The number of rotatable bonds is 7. The first-order valence-electron chi connectivity index (χ1n) is 12.7. The molecule has 1 fully saturated rings. The zero-order chi connectivity index (χ0) is 34.6. The summed E-state index contributed by atoms with van der Waals surface area (Å²) in [6, 6.07) is 1.20. The van der Waals surface area contributed by atoms with Crippen LogP contribution in [-0.4, -0.2) is 93.9 Å². The number of likely N-dealkylation sites (tertiary alicyclic amines) is 1. The second kappa shape index (κ2) is 11.7. The number of halogens is 10. The largest absolute Gasteiger partial charge is 0.493 e. The maximum absolute atomic E-state index is 14.9. The summed E-state index contributed by atoms with van der Waals surface area (Å²) in [5, 5.41) is 15.3. The van der Waals surface area contributed by atoms with Gasteiger partial charge in [0.2, 0.25) is 5.91 Å². The van der Waals surface area contributed by atoms with Crippen LogP contribution in [0.25, 0.3) is 16.8 Å². The number of anilines is 1. The molecule has 4 N–H and O–H groups in total. The first kappa shape index (κ1) is 34.3. The van der Waals surface area contributed by atoms with E-state index >= 15 is 0 Å². The molecule has 0 saturated carbocycles. The molecule has 11 nitrogen and oxygen atoms in total. The number of aromatic nitrogens is 3. The molecule has 1 aliphatic rings. The highest BCUT2D eigenvalue weighted by molar-refractivity contribution is 6.00. The zero-order valence-electron chi connectivity index (χ0n) is 23.3. The fourth-order valence-corrected chi connectivity index (χ4v) is 4.81. The Bertz CT molecular complexity index is 1640. The number of benzene rings is 1. The highest BCUT2D eigenvalue weighted by Crippen LogP contribution is 2.46. The Morgan fingerprint density at radius 3 is 2.20 bits per heavy atom. The van der Waals surface area contributed by atoms with Gasteiger partial charge < -0.3 is 30.5 Å². The Morgan fingerprint density at radius 2 is 1.65 bits per heavy atom. The van der Waals surface area contributed by atoms with E-state index in [2.05, 4.69) is 15.4 Å². The van der Waals surface area contributed by atoms with Crippen molar-refractivity contribution in [2.24, 2.45) is 0 Å². The lowest BCUT2D eigenvalue weighted by Gasteiger charge is -2.32. The SMILES string of the molecule is COc1cc(-c2cc(C(F)(F)F)c3c(N)ncnn23)cc(C(=O)N[C@@H]2CN(C(=O)CC(O)(C(F)(F)F)C(F)(F)F)C[C@@H]2F)c1OC. The molecule has 0 unspecified atom stereocenters. The molecule has 4 rings (SSSR count). The van der Waals surface area contributed by atoms with Crippen molar-refractivity contribution in [3.8, 4) is 22.8 Å². The van der Waals surface area contributed by atoms with E-state index in [-0.39, 0.29) is 27.7 Å². The molecule has 0 radical (unpaired) electrons. The average Bonchev–Trinajstić information content (AvgIpc) is 3.52. The summed E-state index contributed by atoms with van der Waals surface area (Å²) in [6.45, 7) is -1.93. The molecule has 21 heteroatoms. The van der Waals surface area contributed by atoms with E-state index in [1.165, 1.54) is 6.07 Å². The minimum Gasteiger partial charge on any atom is -0.493 e. The van der Waals surface area contributed by atoms with Crippen molar-refractivity contribution in [1.82, 2.24) is 24.8 Å². The first-order valence-corrected chi connectivity index (χ1v) is 12.7. The number of ether oxygens (including phenoxy) is 2. The third-order valence-electron chi connectivity index (χ3n) is 7.17. The van der Waals surface area contributed by atoms with Gasteiger partial charge in [0.15, 0.2) is 17.3 Å². The predicted octanol–water partition coefficient (Wildman–Crippen LogP) is 3.54. The predicted molar refractivity (Wildman–Crippen MR) is 135 cm³/mol. The number of nitrogens with one attached hydrogen (secondary N) is 1. The van der Waals surface area contributed by atoms with Crippen LogP contribution in [0.5, 0.6) is 11.5 Å². The highest BCUT2D eigenvalue weighted by atomic mass is 19.4. The second-order valence-electron chi connectivity index (χ2n) is 10.0. The summed E-state index contributed by atoms with van der Waals surface area (Å²) in [6.07, 6.45) is -21.3. The maximum Gasteiger partial charge on any atom is 0.426 e. The number of aliphatic hydroxyl groups is 1. The van der Waals surface area contributed by atoms with Crippen LogP contribution in [0.15, 0.2) is 24.5 Å².